The average molecular weight is 298 g/mol. The molecule has 1 aromatic heterocycles. The van der Waals surface area contributed by atoms with Crippen LogP contribution < -0.4 is 5.32 Å². The molecule has 1 N–H and O–H groups in total. The summed E-state index contributed by atoms with van der Waals surface area (Å²) in [4.78, 5) is 6.15. The minimum atomic E-state index is -3.52. The van der Waals surface area contributed by atoms with E-state index in [2.05, 4.69) is 15.2 Å². The van der Waals surface area contributed by atoms with E-state index in [9.17, 15) is 8.42 Å². The number of hydrogen-bond acceptors (Lipinski definition) is 5. The topological polar surface area (TPSA) is 65.5 Å². The van der Waals surface area contributed by atoms with Gasteiger partial charge in [0.25, 0.3) is 10.0 Å². The van der Waals surface area contributed by atoms with Gasteiger partial charge in [0.15, 0.2) is 5.03 Å². The standard InChI is InChI=1S/C13H22N4O2S/c1-4-14-12-6-5-8-15-13(12)20(18,19)17-9-7-11(10-17)16(2)3/h5-6,8,11,14H,4,7,9-10H2,1-3H3. The van der Waals surface area contributed by atoms with E-state index in [-0.39, 0.29) is 11.1 Å². The first-order valence-corrected chi connectivity index (χ1v) is 8.26. The molecular weight excluding hydrogens is 276 g/mol. The van der Waals surface area contributed by atoms with E-state index in [1.54, 1.807) is 12.1 Å². The molecule has 7 heteroatoms. The molecule has 1 unspecified atom stereocenters. The second kappa shape index (κ2) is 6.07. The Bertz CT molecular complexity index is 559. The first-order chi connectivity index (χ1) is 9.46. The lowest BCUT2D eigenvalue weighted by atomic mass is 10.2. The molecule has 1 aromatic rings. The van der Waals surface area contributed by atoms with Crippen molar-refractivity contribution >= 4 is 15.7 Å². The van der Waals surface area contributed by atoms with E-state index in [0.717, 1.165) is 6.42 Å². The van der Waals surface area contributed by atoms with E-state index in [1.807, 2.05) is 21.0 Å². The van der Waals surface area contributed by atoms with Gasteiger partial charge in [-0.05, 0) is 39.6 Å². The van der Waals surface area contributed by atoms with Gasteiger partial charge in [-0.2, -0.15) is 4.31 Å². The van der Waals surface area contributed by atoms with E-state index in [4.69, 9.17) is 0 Å². The van der Waals surface area contributed by atoms with Crippen LogP contribution in [0.2, 0.25) is 0 Å². The van der Waals surface area contributed by atoms with Crippen LogP contribution in [-0.4, -0.2) is 62.4 Å². The Morgan fingerprint density at radius 2 is 2.25 bits per heavy atom. The molecule has 1 saturated heterocycles. The highest BCUT2D eigenvalue weighted by atomic mass is 32.2. The van der Waals surface area contributed by atoms with Crippen LogP contribution in [0.15, 0.2) is 23.4 Å². The van der Waals surface area contributed by atoms with Crippen molar-refractivity contribution in [3.63, 3.8) is 0 Å². The quantitative estimate of drug-likeness (QED) is 0.872. The van der Waals surface area contributed by atoms with Crippen molar-refractivity contribution < 1.29 is 8.42 Å². The Kier molecular flexibility index (Phi) is 4.62. The maximum atomic E-state index is 12.7. The highest BCUT2D eigenvalue weighted by Gasteiger charge is 2.35. The third kappa shape index (κ3) is 2.94. The van der Waals surface area contributed by atoms with Crippen LogP contribution in [0, 0.1) is 0 Å². The number of likely N-dealkylation sites (N-methyl/N-ethyl adjacent to an activating group) is 1. The lowest BCUT2D eigenvalue weighted by Gasteiger charge is -2.21. The maximum absolute atomic E-state index is 12.7. The minimum Gasteiger partial charge on any atom is -0.383 e. The molecule has 1 aliphatic rings. The summed E-state index contributed by atoms with van der Waals surface area (Å²) in [7, 11) is 0.431. The summed E-state index contributed by atoms with van der Waals surface area (Å²) < 4.78 is 26.9. The van der Waals surface area contributed by atoms with Crippen LogP contribution in [0.3, 0.4) is 0 Å². The Morgan fingerprint density at radius 1 is 1.50 bits per heavy atom. The molecule has 0 bridgehead atoms. The van der Waals surface area contributed by atoms with Gasteiger partial charge in [-0.1, -0.05) is 0 Å². The largest absolute Gasteiger partial charge is 0.383 e. The van der Waals surface area contributed by atoms with Gasteiger partial charge in [0.1, 0.15) is 0 Å². The number of pyridine rings is 1. The summed E-state index contributed by atoms with van der Waals surface area (Å²) in [6.07, 6.45) is 2.38. The second-order valence-electron chi connectivity index (χ2n) is 5.16. The normalized spacial score (nSPS) is 20.5. The zero-order valence-corrected chi connectivity index (χ0v) is 13.0. The third-order valence-corrected chi connectivity index (χ3v) is 5.40. The molecule has 2 heterocycles. The Labute approximate surface area is 120 Å². The van der Waals surface area contributed by atoms with Crippen LogP contribution >= 0.6 is 0 Å². The Hall–Kier alpha value is -1.18. The van der Waals surface area contributed by atoms with E-state index < -0.39 is 10.0 Å². The van der Waals surface area contributed by atoms with Crippen molar-refractivity contribution in [3.05, 3.63) is 18.3 Å². The lowest BCUT2D eigenvalue weighted by molar-refractivity contribution is 0.302. The van der Waals surface area contributed by atoms with Crippen LogP contribution in [0.1, 0.15) is 13.3 Å². The van der Waals surface area contributed by atoms with Crippen molar-refractivity contribution in [2.45, 2.75) is 24.4 Å². The molecule has 112 valence electrons. The molecule has 6 nitrogen and oxygen atoms in total. The highest BCUT2D eigenvalue weighted by Crippen LogP contribution is 2.26. The number of aromatic nitrogens is 1. The fourth-order valence-electron chi connectivity index (χ4n) is 2.39. The summed E-state index contributed by atoms with van der Waals surface area (Å²) in [6, 6.07) is 3.77. The van der Waals surface area contributed by atoms with Crippen molar-refractivity contribution in [2.75, 3.05) is 39.0 Å². The molecule has 0 spiro atoms. The van der Waals surface area contributed by atoms with E-state index in [0.29, 0.717) is 25.3 Å². The van der Waals surface area contributed by atoms with Crippen LogP contribution in [0.4, 0.5) is 5.69 Å². The minimum absolute atomic E-state index is 0.126. The number of hydrogen-bond donors (Lipinski definition) is 1. The van der Waals surface area contributed by atoms with Crippen LogP contribution in [-0.2, 0) is 10.0 Å². The fraction of sp³-hybridized carbons (Fsp3) is 0.615. The highest BCUT2D eigenvalue weighted by molar-refractivity contribution is 7.89. The van der Waals surface area contributed by atoms with Gasteiger partial charge in [-0.25, -0.2) is 13.4 Å². The Morgan fingerprint density at radius 3 is 2.85 bits per heavy atom. The number of anilines is 1. The summed E-state index contributed by atoms with van der Waals surface area (Å²) in [6.45, 7) is 3.67. The molecule has 0 radical (unpaired) electrons. The molecule has 1 fully saturated rings. The summed E-state index contributed by atoms with van der Waals surface area (Å²) in [5, 5.41) is 3.19. The van der Waals surface area contributed by atoms with Gasteiger partial charge in [0.2, 0.25) is 0 Å². The predicted molar refractivity (Wildman–Crippen MR) is 79.3 cm³/mol. The van der Waals surface area contributed by atoms with Crippen molar-refractivity contribution in [3.8, 4) is 0 Å². The van der Waals surface area contributed by atoms with E-state index >= 15 is 0 Å². The van der Waals surface area contributed by atoms with Crippen molar-refractivity contribution in [1.29, 1.82) is 0 Å². The van der Waals surface area contributed by atoms with Crippen molar-refractivity contribution in [1.82, 2.24) is 14.2 Å². The average Bonchev–Trinajstić information content (AvgIpc) is 2.90. The smallest absolute Gasteiger partial charge is 0.262 e. The van der Waals surface area contributed by atoms with Crippen molar-refractivity contribution in [2.24, 2.45) is 0 Å². The summed E-state index contributed by atoms with van der Waals surface area (Å²) in [5.74, 6) is 0. The predicted octanol–water partition coefficient (Wildman–Crippen LogP) is 0.838. The molecule has 20 heavy (non-hydrogen) atoms. The summed E-state index contributed by atoms with van der Waals surface area (Å²) in [5.41, 5.74) is 0.573. The Balaban J connectivity index is 2.28. The molecular formula is C13H22N4O2S. The molecule has 0 aliphatic carbocycles. The van der Waals surface area contributed by atoms with Gasteiger partial charge in [0, 0.05) is 31.9 Å². The molecule has 0 aromatic carbocycles. The van der Waals surface area contributed by atoms with Gasteiger partial charge in [-0.15, -0.1) is 0 Å². The maximum Gasteiger partial charge on any atom is 0.262 e. The lowest BCUT2D eigenvalue weighted by Crippen LogP contribution is -2.35. The molecule has 0 amide bonds. The number of rotatable bonds is 5. The second-order valence-corrected chi connectivity index (χ2v) is 7.01. The van der Waals surface area contributed by atoms with Gasteiger partial charge in [-0.3, -0.25) is 0 Å². The van der Waals surface area contributed by atoms with Crippen LogP contribution in [0.5, 0.6) is 0 Å². The van der Waals surface area contributed by atoms with Crippen LogP contribution in [0.25, 0.3) is 0 Å². The SMILES string of the molecule is CCNc1cccnc1S(=O)(=O)N1CCC(N(C)C)C1. The van der Waals surface area contributed by atoms with E-state index in [1.165, 1.54) is 10.5 Å². The molecule has 1 aliphatic heterocycles. The van der Waals surface area contributed by atoms with Gasteiger partial charge >= 0.3 is 0 Å². The van der Waals surface area contributed by atoms with Gasteiger partial charge < -0.3 is 10.2 Å². The first-order valence-electron chi connectivity index (χ1n) is 6.82. The summed E-state index contributed by atoms with van der Waals surface area (Å²) >= 11 is 0. The fourth-order valence-corrected chi connectivity index (χ4v) is 3.96. The monoisotopic (exact) mass is 298 g/mol. The number of sulfonamides is 1. The zero-order valence-electron chi connectivity index (χ0n) is 12.2. The molecule has 0 saturated carbocycles. The first kappa shape index (κ1) is 15.2. The zero-order chi connectivity index (χ0) is 14.8. The number of nitrogens with zero attached hydrogens (tertiary/aromatic N) is 3. The van der Waals surface area contributed by atoms with Gasteiger partial charge in [0.05, 0.1) is 5.69 Å². The third-order valence-electron chi connectivity index (χ3n) is 3.58. The molecule has 2 rings (SSSR count). The number of nitrogens with one attached hydrogen (secondary N) is 1. The molecule has 1 atom stereocenters.